The van der Waals surface area contributed by atoms with Crippen molar-refractivity contribution in [3.63, 3.8) is 0 Å². The highest BCUT2D eigenvalue weighted by atomic mass is 16.5. The Morgan fingerprint density at radius 1 is 1.24 bits per heavy atom. The first-order valence-corrected chi connectivity index (χ1v) is 7.11. The van der Waals surface area contributed by atoms with E-state index in [0.717, 1.165) is 29.8 Å². The monoisotopic (exact) mass is 285 g/mol. The molecule has 0 unspecified atom stereocenters. The minimum atomic E-state index is 0.00288. The number of anilines is 1. The number of amides is 1. The van der Waals surface area contributed by atoms with Crippen LogP contribution in [-0.2, 0) is 4.74 Å². The standard InChI is InChI=1S/C16H19N3O2/c1-18(2)16(20)13-11-15(19-7-9-21-10-8-19)17-14-6-4-3-5-12(13)14/h3-6,11H,7-10H2,1-2H3. The van der Waals surface area contributed by atoms with Crippen molar-refractivity contribution in [2.24, 2.45) is 0 Å². The summed E-state index contributed by atoms with van der Waals surface area (Å²) in [6, 6.07) is 9.68. The van der Waals surface area contributed by atoms with E-state index in [2.05, 4.69) is 4.90 Å². The molecule has 0 atom stereocenters. The number of aromatic nitrogens is 1. The molecule has 1 aliphatic heterocycles. The first-order valence-electron chi connectivity index (χ1n) is 7.11. The van der Waals surface area contributed by atoms with E-state index in [1.807, 2.05) is 30.3 Å². The smallest absolute Gasteiger partial charge is 0.254 e. The van der Waals surface area contributed by atoms with Gasteiger partial charge in [-0.05, 0) is 12.1 Å². The largest absolute Gasteiger partial charge is 0.378 e. The van der Waals surface area contributed by atoms with Crippen LogP contribution in [0.1, 0.15) is 10.4 Å². The predicted molar refractivity (Wildman–Crippen MR) is 82.8 cm³/mol. The van der Waals surface area contributed by atoms with Crippen molar-refractivity contribution in [1.82, 2.24) is 9.88 Å². The molecule has 2 heterocycles. The van der Waals surface area contributed by atoms with Gasteiger partial charge in [-0.1, -0.05) is 18.2 Å². The molecule has 0 radical (unpaired) electrons. The Hall–Kier alpha value is -2.14. The highest BCUT2D eigenvalue weighted by molar-refractivity contribution is 6.06. The molecule has 0 N–H and O–H groups in total. The van der Waals surface area contributed by atoms with Crippen molar-refractivity contribution < 1.29 is 9.53 Å². The van der Waals surface area contributed by atoms with Crippen LogP contribution in [0.4, 0.5) is 5.82 Å². The maximum absolute atomic E-state index is 12.4. The van der Waals surface area contributed by atoms with Crippen molar-refractivity contribution >= 4 is 22.6 Å². The number of para-hydroxylation sites is 1. The lowest BCUT2D eigenvalue weighted by atomic mass is 10.1. The fraction of sp³-hybridized carbons (Fsp3) is 0.375. The van der Waals surface area contributed by atoms with Gasteiger partial charge in [0.15, 0.2) is 0 Å². The van der Waals surface area contributed by atoms with E-state index >= 15 is 0 Å². The molecule has 5 heteroatoms. The number of hydrogen-bond donors (Lipinski definition) is 0. The molecule has 110 valence electrons. The molecule has 1 aromatic heterocycles. The van der Waals surface area contributed by atoms with Crippen molar-refractivity contribution in [2.45, 2.75) is 0 Å². The van der Waals surface area contributed by atoms with E-state index in [0.29, 0.717) is 18.8 Å². The van der Waals surface area contributed by atoms with Gasteiger partial charge in [-0.25, -0.2) is 4.98 Å². The highest BCUT2D eigenvalue weighted by Gasteiger charge is 2.18. The average Bonchev–Trinajstić information content (AvgIpc) is 2.54. The van der Waals surface area contributed by atoms with Crippen LogP contribution in [0.25, 0.3) is 10.9 Å². The Morgan fingerprint density at radius 2 is 1.95 bits per heavy atom. The molecular weight excluding hydrogens is 266 g/mol. The summed E-state index contributed by atoms with van der Waals surface area (Å²) in [6.07, 6.45) is 0. The SMILES string of the molecule is CN(C)C(=O)c1cc(N2CCOCC2)nc2ccccc12. The number of carbonyl (C=O) groups is 1. The normalized spacial score (nSPS) is 15.2. The molecule has 0 spiro atoms. The molecule has 0 saturated carbocycles. The highest BCUT2D eigenvalue weighted by Crippen LogP contribution is 2.24. The molecule has 2 aromatic rings. The number of nitrogens with zero attached hydrogens (tertiary/aromatic N) is 3. The van der Waals surface area contributed by atoms with Crippen LogP contribution in [0, 0.1) is 0 Å². The van der Waals surface area contributed by atoms with Gasteiger partial charge in [0, 0.05) is 32.6 Å². The van der Waals surface area contributed by atoms with Gasteiger partial charge >= 0.3 is 0 Å². The molecule has 1 amide bonds. The summed E-state index contributed by atoms with van der Waals surface area (Å²) >= 11 is 0. The average molecular weight is 285 g/mol. The number of benzene rings is 1. The number of pyridine rings is 1. The van der Waals surface area contributed by atoms with Gasteiger partial charge in [-0.2, -0.15) is 0 Å². The van der Waals surface area contributed by atoms with Crippen LogP contribution in [0.5, 0.6) is 0 Å². The molecule has 5 nitrogen and oxygen atoms in total. The van der Waals surface area contributed by atoms with Crippen LogP contribution >= 0.6 is 0 Å². The first-order chi connectivity index (χ1) is 10.2. The summed E-state index contributed by atoms with van der Waals surface area (Å²) in [5.41, 5.74) is 1.55. The first kappa shape index (κ1) is 13.8. The summed E-state index contributed by atoms with van der Waals surface area (Å²) in [6.45, 7) is 3.01. The zero-order chi connectivity index (χ0) is 14.8. The Balaban J connectivity index is 2.12. The summed E-state index contributed by atoms with van der Waals surface area (Å²) in [5.74, 6) is 0.852. The lowest BCUT2D eigenvalue weighted by Crippen LogP contribution is -2.37. The van der Waals surface area contributed by atoms with Crippen molar-refractivity contribution in [1.29, 1.82) is 0 Å². The summed E-state index contributed by atoms with van der Waals surface area (Å²) in [5, 5.41) is 0.896. The predicted octanol–water partition coefficient (Wildman–Crippen LogP) is 1.77. The summed E-state index contributed by atoms with van der Waals surface area (Å²) < 4.78 is 5.38. The molecular formula is C16H19N3O2. The molecule has 0 bridgehead atoms. The maximum atomic E-state index is 12.4. The third-order valence-electron chi connectivity index (χ3n) is 3.67. The lowest BCUT2D eigenvalue weighted by molar-refractivity contribution is 0.0829. The van der Waals surface area contributed by atoms with Gasteiger partial charge in [0.2, 0.25) is 0 Å². The molecule has 1 fully saturated rings. The van der Waals surface area contributed by atoms with Crippen LogP contribution in [0.2, 0.25) is 0 Å². The van der Waals surface area contributed by atoms with Crippen LogP contribution in [-0.4, -0.2) is 56.2 Å². The summed E-state index contributed by atoms with van der Waals surface area (Å²) in [4.78, 5) is 20.9. The zero-order valence-corrected chi connectivity index (χ0v) is 12.4. The molecule has 0 aliphatic carbocycles. The van der Waals surface area contributed by atoms with Crippen molar-refractivity contribution in [2.75, 3.05) is 45.3 Å². The number of carbonyl (C=O) groups excluding carboxylic acids is 1. The Bertz CT molecular complexity index is 664. The maximum Gasteiger partial charge on any atom is 0.254 e. The Kier molecular flexibility index (Phi) is 3.75. The number of rotatable bonds is 2. The third kappa shape index (κ3) is 2.69. The topological polar surface area (TPSA) is 45.7 Å². The van der Waals surface area contributed by atoms with E-state index in [9.17, 15) is 4.79 Å². The van der Waals surface area contributed by atoms with Gasteiger partial charge in [0.05, 0.1) is 24.3 Å². The second-order valence-corrected chi connectivity index (χ2v) is 5.34. The Morgan fingerprint density at radius 3 is 2.67 bits per heavy atom. The third-order valence-corrected chi connectivity index (χ3v) is 3.67. The Labute approximate surface area is 124 Å². The minimum absolute atomic E-state index is 0.00288. The van der Waals surface area contributed by atoms with Gasteiger partial charge < -0.3 is 14.5 Å². The molecule has 3 rings (SSSR count). The minimum Gasteiger partial charge on any atom is -0.378 e. The van der Waals surface area contributed by atoms with Gasteiger partial charge in [0.1, 0.15) is 5.82 Å². The molecule has 1 aliphatic rings. The lowest BCUT2D eigenvalue weighted by Gasteiger charge is -2.28. The number of morpholine rings is 1. The van der Waals surface area contributed by atoms with Gasteiger partial charge in [-0.15, -0.1) is 0 Å². The fourth-order valence-corrected chi connectivity index (χ4v) is 2.53. The van der Waals surface area contributed by atoms with Crippen LogP contribution in [0.15, 0.2) is 30.3 Å². The van der Waals surface area contributed by atoms with E-state index < -0.39 is 0 Å². The van der Waals surface area contributed by atoms with E-state index in [1.54, 1.807) is 19.0 Å². The van der Waals surface area contributed by atoms with Gasteiger partial charge in [-0.3, -0.25) is 4.79 Å². The summed E-state index contributed by atoms with van der Waals surface area (Å²) in [7, 11) is 3.54. The van der Waals surface area contributed by atoms with Crippen LogP contribution in [0.3, 0.4) is 0 Å². The van der Waals surface area contributed by atoms with Gasteiger partial charge in [0.25, 0.3) is 5.91 Å². The van der Waals surface area contributed by atoms with E-state index in [4.69, 9.17) is 9.72 Å². The van der Waals surface area contributed by atoms with E-state index in [-0.39, 0.29) is 5.91 Å². The van der Waals surface area contributed by atoms with Crippen LogP contribution < -0.4 is 4.90 Å². The number of ether oxygens (including phenoxy) is 1. The van der Waals surface area contributed by atoms with Crippen molar-refractivity contribution in [3.8, 4) is 0 Å². The van der Waals surface area contributed by atoms with Crippen molar-refractivity contribution in [3.05, 3.63) is 35.9 Å². The fourth-order valence-electron chi connectivity index (χ4n) is 2.53. The number of fused-ring (bicyclic) bond motifs is 1. The quantitative estimate of drug-likeness (QED) is 0.843. The molecule has 1 saturated heterocycles. The number of hydrogen-bond acceptors (Lipinski definition) is 4. The second kappa shape index (κ2) is 5.69. The molecule has 21 heavy (non-hydrogen) atoms. The second-order valence-electron chi connectivity index (χ2n) is 5.34. The zero-order valence-electron chi connectivity index (χ0n) is 12.4. The van der Waals surface area contributed by atoms with E-state index in [1.165, 1.54) is 0 Å². The molecule has 1 aromatic carbocycles.